The molecule has 0 saturated heterocycles. The maximum atomic E-state index is 12.2. The number of carbonyl (C=O) groups is 1. The van der Waals surface area contributed by atoms with Crippen LogP contribution in [0.3, 0.4) is 0 Å². The molecule has 0 aliphatic carbocycles. The van der Waals surface area contributed by atoms with Crippen molar-refractivity contribution < 1.29 is 19.7 Å². The van der Waals surface area contributed by atoms with Gasteiger partial charge in [-0.1, -0.05) is 30.3 Å². The Morgan fingerprint density at radius 1 is 1.12 bits per heavy atom. The van der Waals surface area contributed by atoms with Crippen molar-refractivity contribution in [2.75, 3.05) is 7.11 Å². The number of fused-ring (bicyclic) bond motifs is 1. The summed E-state index contributed by atoms with van der Waals surface area (Å²) in [6.07, 6.45) is 1.41. The average molecular weight is 336 g/mol. The summed E-state index contributed by atoms with van der Waals surface area (Å²) in [7, 11) is 1.44. The number of hydrogen-bond acceptors (Lipinski definition) is 5. The van der Waals surface area contributed by atoms with Gasteiger partial charge in [0.25, 0.3) is 5.91 Å². The Kier molecular flexibility index (Phi) is 4.52. The van der Waals surface area contributed by atoms with Gasteiger partial charge in [-0.2, -0.15) is 5.10 Å². The van der Waals surface area contributed by atoms with Gasteiger partial charge in [0.15, 0.2) is 11.5 Å². The van der Waals surface area contributed by atoms with Gasteiger partial charge in [0, 0.05) is 5.39 Å². The monoisotopic (exact) mass is 336 g/mol. The fourth-order valence-electron chi connectivity index (χ4n) is 2.44. The van der Waals surface area contributed by atoms with Crippen LogP contribution in [0.15, 0.2) is 59.7 Å². The minimum Gasteiger partial charge on any atom is -0.506 e. The predicted octanol–water partition coefficient (Wildman–Crippen LogP) is 3.02. The Bertz CT molecular complexity index is 967. The van der Waals surface area contributed by atoms with Gasteiger partial charge in [0.05, 0.1) is 18.9 Å². The number of rotatable bonds is 4. The first kappa shape index (κ1) is 16.3. The van der Waals surface area contributed by atoms with Gasteiger partial charge in [-0.15, -0.1) is 0 Å². The van der Waals surface area contributed by atoms with Crippen molar-refractivity contribution in [3.8, 4) is 17.2 Å². The molecule has 6 heteroatoms. The molecule has 0 radical (unpaired) electrons. The van der Waals surface area contributed by atoms with Crippen LogP contribution in [0.2, 0.25) is 0 Å². The van der Waals surface area contributed by atoms with Gasteiger partial charge in [-0.05, 0) is 35.2 Å². The van der Waals surface area contributed by atoms with E-state index in [2.05, 4.69) is 10.5 Å². The number of benzene rings is 3. The smallest absolute Gasteiger partial charge is 0.275 e. The van der Waals surface area contributed by atoms with Crippen LogP contribution in [0.1, 0.15) is 15.9 Å². The van der Waals surface area contributed by atoms with E-state index in [0.717, 1.165) is 5.39 Å². The maximum absolute atomic E-state index is 12.2. The molecule has 25 heavy (non-hydrogen) atoms. The van der Waals surface area contributed by atoms with Crippen molar-refractivity contribution >= 4 is 22.9 Å². The maximum Gasteiger partial charge on any atom is 0.275 e. The van der Waals surface area contributed by atoms with Crippen LogP contribution >= 0.6 is 0 Å². The van der Waals surface area contributed by atoms with Gasteiger partial charge in [-0.3, -0.25) is 4.79 Å². The minimum absolute atomic E-state index is 0.0183. The van der Waals surface area contributed by atoms with E-state index >= 15 is 0 Å². The number of ether oxygens (including phenoxy) is 1. The molecule has 0 heterocycles. The summed E-state index contributed by atoms with van der Waals surface area (Å²) in [6.45, 7) is 0. The molecule has 0 saturated carbocycles. The van der Waals surface area contributed by atoms with Crippen molar-refractivity contribution in [2.45, 2.75) is 0 Å². The standard InChI is InChI=1S/C19H16N2O4/c1-25-17-10-12(6-9-16(17)22)11-20-21-19(24)15-8-7-13-4-2-3-5-14(13)18(15)23/h2-11,22-23H,1H3,(H,21,24)/b20-11+. The number of aromatic hydroxyl groups is 2. The zero-order chi connectivity index (χ0) is 17.8. The summed E-state index contributed by atoms with van der Waals surface area (Å²) in [5.74, 6) is -0.283. The van der Waals surface area contributed by atoms with Crippen molar-refractivity contribution in [3.05, 3.63) is 65.7 Å². The Balaban J connectivity index is 1.78. The van der Waals surface area contributed by atoms with E-state index < -0.39 is 5.91 Å². The molecule has 6 nitrogen and oxygen atoms in total. The summed E-state index contributed by atoms with van der Waals surface area (Å²) < 4.78 is 5.01. The lowest BCUT2D eigenvalue weighted by molar-refractivity contribution is 0.0952. The number of methoxy groups -OCH3 is 1. The highest BCUT2D eigenvalue weighted by atomic mass is 16.5. The Morgan fingerprint density at radius 3 is 2.72 bits per heavy atom. The molecular weight excluding hydrogens is 320 g/mol. The third-order valence-electron chi connectivity index (χ3n) is 3.73. The lowest BCUT2D eigenvalue weighted by atomic mass is 10.1. The normalized spacial score (nSPS) is 10.9. The van der Waals surface area contributed by atoms with Gasteiger partial charge in [0.1, 0.15) is 5.75 Å². The lowest BCUT2D eigenvalue weighted by Crippen LogP contribution is -2.17. The SMILES string of the molecule is COc1cc(/C=N/NC(=O)c2ccc3ccccc3c2O)ccc1O. The summed E-state index contributed by atoms with van der Waals surface area (Å²) >= 11 is 0. The minimum atomic E-state index is -0.523. The second-order valence-electron chi connectivity index (χ2n) is 5.31. The highest BCUT2D eigenvalue weighted by Gasteiger charge is 2.13. The first-order valence-electron chi connectivity index (χ1n) is 7.51. The molecule has 3 rings (SSSR count). The van der Waals surface area contributed by atoms with Crippen LogP contribution in [0, 0.1) is 0 Å². The second-order valence-corrected chi connectivity index (χ2v) is 5.31. The van der Waals surface area contributed by atoms with Crippen LogP contribution < -0.4 is 10.2 Å². The molecule has 0 aliphatic rings. The number of hydrogen-bond donors (Lipinski definition) is 3. The van der Waals surface area contributed by atoms with Gasteiger partial charge in [0.2, 0.25) is 0 Å². The summed E-state index contributed by atoms with van der Waals surface area (Å²) in [5, 5.41) is 25.1. The third-order valence-corrected chi connectivity index (χ3v) is 3.73. The molecule has 0 atom stereocenters. The van der Waals surface area contributed by atoms with E-state index in [0.29, 0.717) is 16.7 Å². The van der Waals surface area contributed by atoms with Gasteiger partial charge in [-0.25, -0.2) is 5.43 Å². The van der Waals surface area contributed by atoms with E-state index in [9.17, 15) is 15.0 Å². The van der Waals surface area contributed by atoms with Gasteiger partial charge < -0.3 is 14.9 Å². The Labute approximate surface area is 144 Å². The summed E-state index contributed by atoms with van der Waals surface area (Å²) in [4.78, 5) is 12.2. The third kappa shape index (κ3) is 3.37. The van der Waals surface area contributed by atoms with Crippen molar-refractivity contribution in [1.29, 1.82) is 0 Å². The fraction of sp³-hybridized carbons (Fsp3) is 0.0526. The van der Waals surface area contributed by atoms with E-state index in [1.807, 2.05) is 12.1 Å². The van der Waals surface area contributed by atoms with E-state index in [1.165, 1.54) is 19.4 Å². The number of phenolic OH excluding ortho intramolecular Hbond substituents is 2. The molecule has 0 unspecified atom stereocenters. The molecule has 0 aliphatic heterocycles. The number of nitrogens with one attached hydrogen (secondary N) is 1. The molecule has 0 bridgehead atoms. The molecule has 1 amide bonds. The largest absolute Gasteiger partial charge is 0.506 e. The van der Waals surface area contributed by atoms with Crippen LogP contribution in [0.25, 0.3) is 10.8 Å². The Morgan fingerprint density at radius 2 is 1.92 bits per heavy atom. The average Bonchev–Trinajstić information content (AvgIpc) is 2.63. The first-order valence-corrected chi connectivity index (χ1v) is 7.51. The molecule has 126 valence electrons. The molecule has 0 aromatic heterocycles. The molecule has 0 spiro atoms. The number of amides is 1. The van der Waals surface area contributed by atoms with Gasteiger partial charge >= 0.3 is 0 Å². The van der Waals surface area contributed by atoms with Crippen molar-refractivity contribution in [3.63, 3.8) is 0 Å². The van der Waals surface area contributed by atoms with E-state index in [4.69, 9.17) is 4.74 Å². The highest BCUT2D eigenvalue weighted by molar-refractivity contribution is 6.03. The van der Waals surface area contributed by atoms with Crippen LogP contribution in [0.5, 0.6) is 17.2 Å². The number of phenols is 2. The summed E-state index contributed by atoms with van der Waals surface area (Å²) in [6, 6.07) is 15.2. The van der Waals surface area contributed by atoms with E-state index in [-0.39, 0.29) is 17.1 Å². The molecular formula is C19H16N2O4. The summed E-state index contributed by atoms with van der Waals surface area (Å²) in [5.41, 5.74) is 3.15. The number of hydrazone groups is 1. The van der Waals surface area contributed by atoms with Crippen LogP contribution in [-0.4, -0.2) is 29.4 Å². The first-order chi connectivity index (χ1) is 12.1. The zero-order valence-electron chi connectivity index (χ0n) is 13.4. The molecule has 3 aromatic rings. The highest BCUT2D eigenvalue weighted by Crippen LogP contribution is 2.28. The van der Waals surface area contributed by atoms with Crippen LogP contribution in [0.4, 0.5) is 0 Å². The lowest BCUT2D eigenvalue weighted by Gasteiger charge is -2.06. The number of nitrogens with zero attached hydrogens (tertiary/aromatic N) is 1. The fourth-order valence-corrected chi connectivity index (χ4v) is 2.44. The van der Waals surface area contributed by atoms with Crippen molar-refractivity contribution in [2.24, 2.45) is 5.10 Å². The predicted molar refractivity (Wildman–Crippen MR) is 95.3 cm³/mol. The zero-order valence-corrected chi connectivity index (χ0v) is 13.4. The molecule has 3 N–H and O–H groups in total. The van der Waals surface area contributed by atoms with Crippen molar-refractivity contribution in [1.82, 2.24) is 5.43 Å². The topological polar surface area (TPSA) is 91.2 Å². The molecule has 0 fully saturated rings. The number of carbonyl (C=O) groups excluding carboxylic acids is 1. The molecule has 3 aromatic carbocycles. The second kappa shape index (κ2) is 6.92. The van der Waals surface area contributed by atoms with Crippen LogP contribution in [-0.2, 0) is 0 Å². The Hall–Kier alpha value is -3.54. The van der Waals surface area contributed by atoms with E-state index in [1.54, 1.807) is 36.4 Å². The quantitative estimate of drug-likeness (QED) is 0.504.